The van der Waals surface area contributed by atoms with Gasteiger partial charge >= 0.3 is 12.0 Å². The van der Waals surface area contributed by atoms with Crippen molar-refractivity contribution in [3.8, 4) is 5.75 Å². The number of methoxy groups -OCH3 is 1. The second kappa shape index (κ2) is 12.8. The fourth-order valence-electron chi connectivity index (χ4n) is 5.28. The summed E-state index contributed by atoms with van der Waals surface area (Å²) >= 11 is 0. The Morgan fingerprint density at radius 1 is 0.976 bits per heavy atom. The van der Waals surface area contributed by atoms with E-state index in [1.165, 1.54) is 10.5 Å². The van der Waals surface area contributed by atoms with E-state index < -0.39 is 12.0 Å². The number of nitrogens with zero attached hydrogens (tertiary/aromatic N) is 3. The quantitative estimate of drug-likeness (QED) is 0.505. The number of urea groups is 1. The molecule has 0 bridgehead atoms. The Kier molecular flexibility index (Phi) is 9.38. The zero-order valence-electron chi connectivity index (χ0n) is 25.0. The summed E-state index contributed by atoms with van der Waals surface area (Å²) in [5.74, 6) is 0.248. The summed E-state index contributed by atoms with van der Waals surface area (Å²) in [5, 5.41) is 3.01. The number of benzene rings is 2. The number of carbonyl (C=O) groups excluding carboxylic acids is 3. The molecular formula is C32H42N4O5. The molecule has 1 fully saturated rings. The first-order chi connectivity index (χ1) is 19.5. The molecule has 2 aromatic rings. The van der Waals surface area contributed by atoms with Crippen LogP contribution in [-0.2, 0) is 14.9 Å². The van der Waals surface area contributed by atoms with E-state index in [4.69, 9.17) is 9.47 Å². The summed E-state index contributed by atoms with van der Waals surface area (Å²) in [6, 6.07) is 14.3. The molecule has 2 aliphatic rings. The molecule has 0 saturated carbocycles. The first-order valence-corrected chi connectivity index (χ1v) is 14.2. The van der Waals surface area contributed by atoms with Gasteiger partial charge in [0.25, 0.3) is 5.91 Å². The van der Waals surface area contributed by atoms with Crippen LogP contribution in [0.25, 0.3) is 0 Å². The van der Waals surface area contributed by atoms with E-state index in [1.807, 2.05) is 29.2 Å². The molecular weight excluding hydrogens is 520 g/mol. The van der Waals surface area contributed by atoms with Crippen LogP contribution in [0.1, 0.15) is 61.6 Å². The fraction of sp³-hybridized carbons (Fsp3) is 0.469. The molecule has 1 atom stereocenters. The van der Waals surface area contributed by atoms with Gasteiger partial charge in [-0.1, -0.05) is 45.0 Å². The van der Waals surface area contributed by atoms with E-state index in [-0.39, 0.29) is 24.0 Å². The van der Waals surface area contributed by atoms with Crippen LogP contribution < -0.4 is 10.1 Å². The molecule has 2 aromatic carbocycles. The number of ether oxygens (including phenoxy) is 2. The van der Waals surface area contributed by atoms with Gasteiger partial charge in [-0.15, -0.1) is 0 Å². The number of nitrogens with one attached hydrogen (secondary N) is 1. The van der Waals surface area contributed by atoms with E-state index >= 15 is 0 Å². The van der Waals surface area contributed by atoms with Crippen molar-refractivity contribution in [2.75, 3.05) is 53.5 Å². The van der Waals surface area contributed by atoms with Crippen molar-refractivity contribution in [3.05, 3.63) is 76.5 Å². The van der Waals surface area contributed by atoms with Gasteiger partial charge in [0.1, 0.15) is 5.75 Å². The van der Waals surface area contributed by atoms with Crippen molar-refractivity contribution in [2.24, 2.45) is 0 Å². The van der Waals surface area contributed by atoms with Crippen LogP contribution in [0.2, 0.25) is 0 Å². The minimum absolute atomic E-state index is 0.0189. The van der Waals surface area contributed by atoms with Crippen LogP contribution in [0.4, 0.5) is 4.79 Å². The second-order valence-electron chi connectivity index (χ2n) is 11.5. The van der Waals surface area contributed by atoms with Gasteiger partial charge in [-0.25, -0.2) is 9.59 Å². The predicted molar refractivity (Wildman–Crippen MR) is 158 cm³/mol. The highest BCUT2D eigenvalue weighted by Crippen LogP contribution is 2.33. The number of amides is 3. The van der Waals surface area contributed by atoms with Crippen LogP contribution in [-0.4, -0.2) is 86.1 Å². The maximum atomic E-state index is 13.4. The fourth-order valence-corrected chi connectivity index (χ4v) is 5.28. The van der Waals surface area contributed by atoms with Crippen LogP contribution in [0.3, 0.4) is 0 Å². The third-order valence-electron chi connectivity index (χ3n) is 7.77. The van der Waals surface area contributed by atoms with Crippen molar-refractivity contribution in [3.63, 3.8) is 0 Å². The van der Waals surface area contributed by atoms with Crippen molar-refractivity contribution in [2.45, 2.75) is 45.6 Å². The van der Waals surface area contributed by atoms with Crippen LogP contribution >= 0.6 is 0 Å². The number of likely N-dealkylation sites (N-methyl/N-ethyl adjacent to an activating group) is 1. The van der Waals surface area contributed by atoms with E-state index in [2.05, 4.69) is 31.0 Å². The van der Waals surface area contributed by atoms with E-state index in [0.29, 0.717) is 48.8 Å². The van der Waals surface area contributed by atoms with Gasteiger partial charge < -0.3 is 19.7 Å². The summed E-state index contributed by atoms with van der Waals surface area (Å²) in [7, 11) is 3.28. The van der Waals surface area contributed by atoms with Crippen molar-refractivity contribution < 1.29 is 23.9 Å². The summed E-state index contributed by atoms with van der Waals surface area (Å²) < 4.78 is 10.7. The highest BCUT2D eigenvalue weighted by molar-refractivity contribution is 5.95. The lowest BCUT2D eigenvalue weighted by Crippen LogP contribution is -2.49. The summed E-state index contributed by atoms with van der Waals surface area (Å²) in [6.07, 6.45) is 0.775. The third kappa shape index (κ3) is 6.90. The van der Waals surface area contributed by atoms with Crippen molar-refractivity contribution >= 4 is 17.9 Å². The van der Waals surface area contributed by atoms with Gasteiger partial charge in [0.15, 0.2) is 0 Å². The molecule has 1 unspecified atom stereocenters. The topological polar surface area (TPSA) is 91.4 Å². The maximum Gasteiger partial charge on any atom is 0.338 e. The Labute approximate surface area is 243 Å². The third-order valence-corrected chi connectivity index (χ3v) is 7.77. The molecule has 9 heteroatoms. The Bertz CT molecular complexity index is 1280. The van der Waals surface area contributed by atoms with Gasteiger partial charge in [-0.2, -0.15) is 0 Å². The van der Waals surface area contributed by atoms with Gasteiger partial charge in [0.2, 0.25) is 0 Å². The average Bonchev–Trinajstić information content (AvgIpc) is 3.20. The van der Waals surface area contributed by atoms with Crippen LogP contribution in [0.5, 0.6) is 5.75 Å². The molecule has 0 spiro atoms. The van der Waals surface area contributed by atoms with Gasteiger partial charge in [0, 0.05) is 51.0 Å². The highest BCUT2D eigenvalue weighted by atomic mass is 16.5. The standard InChI is InChI=1S/C32H42N4O5/c1-7-41-30(38)27-26(34(5)31(39)33-28(27)22-9-13-24(14-10-22)32(2,3)4)21-35-17-8-18-36(20-19-35)29(37)23-11-15-25(40-6)16-12-23/h9-16,28H,7-8,17-21H2,1-6H3,(H,33,39). The zero-order valence-corrected chi connectivity index (χ0v) is 25.0. The molecule has 0 aromatic heterocycles. The molecule has 1 N–H and O–H groups in total. The lowest BCUT2D eigenvalue weighted by Gasteiger charge is -2.36. The smallest absolute Gasteiger partial charge is 0.338 e. The zero-order chi connectivity index (χ0) is 29.7. The van der Waals surface area contributed by atoms with Gasteiger partial charge in [-0.3, -0.25) is 14.6 Å². The molecule has 0 radical (unpaired) electrons. The highest BCUT2D eigenvalue weighted by Gasteiger charge is 2.37. The number of carbonyl (C=O) groups is 3. The minimum Gasteiger partial charge on any atom is -0.497 e. The van der Waals surface area contributed by atoms with Crippen molar-refractivity contribution in [1.82, 2.24) is 20.0 Å². The molecule has 9 nitrogen and oxygen atoms in total. The monoisotopic (exact) mass is 562 g/mol. The van der Waals surface area contributed by atoms with Gasteiger partial charge in [0.05, 0.1) is 25.3 Å². The molecule has 2 aliphatic heterocycles. The predicted octanol–water partition coefficient (Wildman–Crippen LogP) is 4.35. The second-order valence-corrected chi connectivity index (χ2v) is 11.5. The molecule has 3 amide bonds. The van der Waals surface area contributed by atoms with Crippen LogP contribution in [0, 0.1) is 0 Å². The van der Waals surface area contributed by atoms with Crippen molar-refractivity contribution in [1.29, 1.82) is 0 Å². The Morgan fingerprint density at radius 3 is 2.27 bits per heavy atom. The maximum absolute atomic E-state index is 13.4. The number of esters is 1. The minimum atomic E-state index is -0.623. The molecule has 0 aliphatic carbocycles. The summed E-state index contributed by atoms with van der Waals surface area (Å²) in [6.45, 7) is 11.4. The largest absolute Gasteiger partial charge is 0.497 e. The average molecular weight is 563 g/mol. The summed E-state index contributed by atoms with van der Waals surface area (Å²) in [5.41, 5.74) is 3.65. The number of hydrogen-bond donors (Lipinski definition) is 1. The van der Waals surface area contributed by atoms with E-state index in [0.717, 1.165) is 18.5 Å². The Morgan fingerprint density at radius 2 is 1.66 bits per heavy atom. The molecule has 41 heavy (non-hydrogen) atoms. The number of rotatable bonds is 7. The lowest BCUT2D eigenvalue weighted by molar-refractivity contribution is -0.139. The first kappa shape index (κ1) is 30.1. The first-order valence-electron chi connectivity index (χ1n) is 14.2. The summed E-state index contributed by atoms with van der Waals surface area (Å²) in [4.78, 5) is 45.3. The molecule has 220 valence electrons. The van der Waals surface area contributed by atoms with E-state index in [1.54, 1.807) is 45.3 Å². The molecule has 2 heterocycles. The normalized spacial score (nSPS) is 18.6. The lowest BCUT2D eigenvalue weighted by atomic mass is 9.85. The Balaban J connectivity index is 1.58. The van der Waals surface area contributed by atoms with Gasteiger partial charge in [-0.05, 0) is 54.2 Å². The van der Waals surface area contributed by atoms with Crippen LogP contribution in [0.15, 0.2) is 59.8 Å². The van der Waals surface area contributed by atoms with E-state index in [9.17, 15) is 14.4 Å². The SMILES string of the molecule is CCOC(=O)C1=C(CN2CCCN(C(=O)c3ccc(OC)cc3)CC2)N(C)C(=O)NC1c1ccc(C(C)(C)C)cc1. The number of hydrogen-bond acceptors (Lipinski definition) is 6. The Hall–Kier alpha value is -3.85. The molecule has 4 rings (SSSR count). The molecule has 1 saturated heterocycles.